The number of hydrogen-bond donors (Lipinski definition) is 0. The SMILES string of the molecule is COC(=O)C1=C(C(=O)OC)N(Cc2ccc(Cl)cc2)CN(Cc2ccc(Cl)cc2)C1. The molecule has 0 saturated carbocycles. The predicted molar refractivity (Wildman–Crippen MR) is 115 cm³/mol. The molecule has 1 aliphatic rings. The molecule has 0 aromatic heterocycles. The third kappa shape index (κ3) is 5.33. The maximum Gasteiger partial charge on any atom is 0.354 e. The summed E-state index contributed by atoms with van der Waals surface area (Å²) in [5.41, 5.74) is 2.46. The topological polar surface area (TPSA) is 59.1 Å². The van der Waals surface area contributed by atoms with Crippen molar-refractivity contribution in [2.24, 2.45) is 0 Å². The van der Waals surface area contributed by atoms with Gasteiger partial charge in [0.05, 0.1) is 26.5 Å². The lowest BCUT2D eigenvalue weighted by atomic mass is 10.1. The first kappa shape index (κ1) is 22.2. The molecular weight excluding hydrogens is 427 g/mol. The Labute approximate surface area is 185 Å². The Bertz CT molecular complexity index is 943. The summed E-state index contributed by atoms with van der Waals surface area (Å²) < 4.78 is 9.92. The van der Waals surface area contributed by atoms with E-state index in [4.69, 9.17) is 32.7 Å². The first-order valence-corrected chi connectivity index (χ1v) is 10.0. The summed E-state index contributed by atoms with van der Waals surface area (Å²) in [5, 5.41) is 1.28. The van der Waals surface area contributed by atoms with Crippen LogP contribution in [0, 0.1) is 0 Å². The quantitative estimate of drug-likeness (QED) is 0.625. The van der Waals surface area contributed by atoms with Gasteiger partial charge in [-0.2, -0.15) is 0 Å². The molecule has 0 saturated heterocycles. The lowest BCUT2D eigenvalue weighted by molar-refractivity contribution is -0.142. The van der Waals surface area contributed by atoms with Gasteiger partial charge in [-0.15, -0.1) is 0 Å². The fourth-order valence-electron chi connectivity index (χ4n) is 3.38. The number of nitrogens with zero attached hydrogens (tertiary/aromatic N) is 2. The van der Waals surface area contributed by atoms with Gasteiger partial charge in [-0.3, -0.25) is 4.90 Å². The smallest absolute Gasteiger partial charge is 0.354 e. The van der Waals surface area contributed by atoms with Crippen LogP contribution in [0.4, 0.5) is 0 Å². The zero-order valence-corrected chi connectivity index (χ0v) is 18.2. The van der Waals surface area contributed by atoms with Crippen LogP contribution in [0.2, 0.25) is 10.0 Å². The van der Waals surface area contributed by atoms with Crippen LogP contribution >= 0.6 is 23.2 Å². The summed E-state index contributed by atoms with van der Waals surface area (Å²) in [5.74, 6) is -1.13. The molecule has 158 valence electrons. The van der Waals surface area contributed by atoms with Gasteiger partial charge < -0.3 is 14.4 Å². The third-order valence-electron chi connectivity index (χ3n) is 4.77. The molecule has 6 nitrogen and oxygen atoms in total. The lowest BCUT2D eigenvalue weighted by Gasteiger charge is -2.38. The molecule has 0 fully saturated rings. The van der Waals surface area contributed by atoms with Crippen molar-refractivity contribution in [2.75, 3.05) is 27.4 Å². The standard InChI is InChI=1S/C22H22Cl2N2O4/c1-29-21(27)19-13-25(11-15-3-7-17(23)8-4-15)14-26(20(19)22(28)30-2)12-16-5-9-18(24)10-6-16/h3-10H,11-14H2,1-2H3. The normalized spacial score (nSPS) is 14.6. The van der Waals surface area contributed by atoms with E-state index in [1.807, 2.05) is 41.3 Å². The van der Waals surface area contributed by atoms with Crippen molar-refractivity contribution >= 4 is 35.1 Å². The number of carbonyl (C=O) groups is 2. The highest BCUT2D eigenvalue weighted by molar-refractivity contribution is 6.30. The van der Waals surface area contributed by atoms with Gasteiger partial charge >= 0.3 is 11.9 Å². The maximum absolute atomic E-state index is 12.6. The Morgan fingerprint density at radius 3 is 1.83 bits per heavy atom. The Morgan fingerprint density at radius 1 is 0.833 bits per heavy atom. The number of benzene rings is 2. The number of carbonyl (C=O) groups excluding carboxylic acids is 2. The molecule has 1 aliphatic heterocycles. The van der Waals surface area contributed by atoms with Gasteiger partial charge in [-0.1, -0.05) is 47.5 Å². The van der Waals surface area contributed by atoms with Crippen LogP contribution in [0.3, 0.4) is 0 Å². The van der Waals surface area contributed by atoms with Gasteiger partial charge in [-0.25, -0.2) is 9.59 Å². The minimum Gasteiger partial charge on any atom is -0.466 e. The second kappa shape index (κ2) is 9.98. The van der Waals surface area contributed by atoms with Crippen LogP contribution < -0.4 is 0 Å². The highest BCUT2D eigenvalue weighted by atomic mass is 35.5. The zero-order valence-electron chi connectivity index (χ0n) is 16.7. The largest absolute Gasteiger partial charge is 0.466 e. The number of ether oxygens (including phenoxy) is 2. The van der Waals surface area contributed by atoms with E-state index in [1.54, 1.807) is 12.1 Å². The van der Waals surface area contributed by atoms with Gasteiger partial charge in [0, 0.05) is 29.7 Å². The molecule has 0 spiro atoms. The van der Waals surface area contributed by atoms with Gasteiger partial charge in [0.25, 0.3) is 0 Å². The van der Waals surface area contributed by atoms with Gasteiger partial charge in [0.1, 0.15) is 5.70 Å². The van der Waals surface area contributed by atoms with Crippen LogP contribution in [0.1, 0.15) is 11.1 Å². The molecule has 3 rings (SSSR count). The number of rotatable bonds is 6. The van der Waals surface area contributed by atoms with Crippen molar-refractivity contribution in [2.45, 2.75) is 13.1 Å². The predicted octanol–water partition coefficient (Wildman–Crippen LogP) is 3.87. The molecule has 0 aliphatic carbocycles. The fraction of sp³-hybridized carbons (Fsp3) is 0.273. The Kier molecular flexibility index (Phi) is 7.37. The van der Waals surface area contributed by atoms with Crippen LogP contribution in [0.15, 0.2) is 59.8 Å². The van der Waals surface area contributed by atoms with E-state index in [0.29, 0.717) is 29.8 Å². The molecule has 0 unspecified atom stereocenters. The highest BCUT2D eigenvalue weighted by Gasteiger charge is 2.34. The zero-order chi connectivity index (χ0) is 21.7. The Balaban J connectivity index is 1.95. The van der Waals surface area contributed by atoms with E-state index >= 15 is 0 Å². The molecule has 0 bridgehead atoms. The van der Waals surface area contributed by atoms with E-state index in [2.05, 4.69) is 4.90 Å². The van der Waals surface area contributed by atoms with E-state index in [0.717, 1.165) is 11.1 Å². The summed E-state index contributed by atoms with van der Waals surface area (Å²) >= 11 is 12.0. The second-order valence-electron chi connectivity index (χ2n) is 6.89. The molecule has 8 heteroatoms. The molecule has 30 heavy (non-hydrogen) atoms. The molecule has 1 heterocycles. The average Bonchev–Trinajstić information content (AvgIpc) is 2.75. The van der Waals surface area contributed by atoms with Gasteiger partial charge in [0.15, 0.2) is 0 Å². The number of esters is 2. The monoisotopic (exact) mass is 448 g/mol. The molecule has 2 aromatic rings. The van der Waals surface area contributed by atoms with Gasteiger partial charge in [-0.05, 0) is 35.4 Å². The minimum atomic E-state index is -0.574. The Morgan fingerprint density at radius 2 is 1.33 bits per heavy atom. The molecule has 0 radical (unpaired) electrons. The highest BCUT2D eigenvalue weighted by Crippen LogP contribution is 2.25. The van der Waals surface area contributed by atoms with Crippen molar-refractivity contribution in [1.29, 1.82) is 0 Å². The summed E-state index contributed by atoms with van der Waals surface area (Å²) in [7, 11) is 2.59. The molecule has 2 aromatic carbocycles. The van der Waals surface area contributed by atoms with Crippen molar-refractivity contribution in [3.8, 4) is 0 Å². The first-order valence-electron chi connectivity index (χ1n) is 9.27. The van der Waals surface area contributed by atoms with Gasteiger partial charge in [0.2, 0.25) is 0 Å². The third-order valence-corrected chi connectivity index (χ3v) is 5.28. The maximum atomic E-state index is 12.6. The van der Waals surface area contributed by atoms with Crippen LogP contribution in [0.25, 0.3) is 0 Å². The molecule has 0 atom stereocenters. The molecule has 0 N–H and O–H groups in total. The van der Waals surface area contributed by atoms with Crippen molar-refractivity contribution in [3.63, 3.8) is 0 Å². The summed E-state index contributed by atoms with van der Waals surface area (Å²) in [4.78, 5) is 29.0. The summed E-state index contributed by atoms with van der Waals surface area (Å²) in [6, 6.07) is 14.9. The van der Waals surface area contributed by atoms with Crippen molar-refractivity contribution < 1.29 is 19.1 Å². The van der Waals surface area contributed by atoms with E-state index in [1.165, 1.54) is 14.2 Å². The van der Waals surface area contributed by atoms with Crippen molar-refractivity contribution in [3.05, 3.63) is 81.0 Å². The lowest BCUT2D eigenvalue weighted by Crippen LogP contribution is -2.46. The van der Waals surface area contributed by atoms with Crippen LogP contribution in [0.5, 0.6) is 0 Å². The average molecular weight is 449 g/mol. The Hall–Kier alpha value is -2.54. The summed E-state index contributed by atoms with van der Waals surface area (Å²) in [6.45, 7) is 1.66. The number of methoxy groups -OCH3 is 2. The van der Waals surface area contributed by atoms with E-state index in [9.17, 15) is 9.59 Å². The second-order valence-corrected chi connectivity index (χ2v) is 7.76. The van der Waals surface area contributed by atoms with Crippen LogP contribution in [-0.4, -0.2) is 49.2 Å². The first-order chi connectivity index (χ1) is 14.4. The molecular formula is C22H22Cl2N2O4. The van der Waals surface area contributed by atoms with Crippen molar-refractivity contribution in [1.82, 2.24) is 9.80 Å². The van der Waals surface area contributed by atoms with E-state index < -0.39 is 11.9 Å². The number of hydrogen-bond acceptors (Lipinski definition) is 6. The van der Waals surface area contributed by atoms with Crippen LogP contribution in [-0.2, 0) is 32.2 Å². The molecule has 0 amide bonds. The number of halogens is 2. The summed E-state index contributed by atoms with van der Waals surface area (Å²) in [6.07, 6.45) is 0. The van der Waals surface area contributed by atoms with E-state index in [-0.39, 0.29) is 17.8 Å². The fourth-order valence-corrected chi connectivity index (χ4v) is 3.63. The minimum absolute atomic E-state index is 0.214.